The molecule has 1 amide bonds. The van der Waals surface area contributed by atoms with Gasteiger partial charge in [-0.05, 0) is 61.1 Å². The normalized spacial score (nSPS) is 11.8. The largest absolute Gasteiger partial charge is 0.497 e. The van der Waals surface area contributed by atoms with Crippen LogP contribution in [0.25, 0.3) is 0 Å². The molecule has 2 aromatic carbocycles. The van der Waals surface area contributed by atoms with Crippen LogP contribution in [0.2, 0.25) is 0 Å². The lowest BCUT2D eigenvalue weighted by atomic mass is 10.0. The summed E-state index contributed by atoms with van der Waals surface area (Å²) in [6, 6.07) is 14.3. The lowest BCUT2D eigenvalue weighted by Crippen LogP contribution is -2.28. The van der Waals surface area contributed by atoms with Gasteiger partial charge in [-0.15, -0.1) is 0 Å². The second-order valence-corrected chi connectivity index (χ2v) is 6.22. The fourth-order valence-corrected chi connectivity index (χ4v) is 2.74. The number of rotatable bonds is 7. The summed E-state index contributed by atoms with van der Waals surface area (Å²) in [7, 11) is 1.65. The summed E-state index contributed by atoms with van der Waals surface area (Å²) in [6.07, 6.45) is 2.14. The monoisotopic (exact) mass is 325 g/mol. The van der Waals surface area contributed by atoms with Crippen molar-refractivity contribution in [1.82, 2.24) is 5.32 Å². The van der Waals surface area contributed by atoms with E-state index < -0.39 is 0 Å². The Balaban J connectivity index is 1.92. The molecule has 3 nitrogen and oxygen atoms in total. The molecule has 0 aliphatic heterocycles. The van der Waals surface area contributed by atoms with Crippen molar-refractivity contribution in [1.29, 1.82) is 0 Å². The van der Waals surface area contributed by atoms with Gasteiger partial charge in [0.1, 0.15) is 5.75 Å². The first kappa shape index (κ1) is 18.1. The summed E-state index contributed by atoms with van der Waals surface area (Å²) in [6.45, 7) is 6.29. The Hall–Kier alpha value is -2.29. The second-order valence-electron chi connectivity index (χ2n) is 6.22. The predicted octanol–water partition coefficient (Wildman–Crippen LogP) is 4.51. The number of hydrogen-bond acceptors (Lipinski definition) is 2. The van der Waals surface area contributed by atoms with Gasteiger partial charge in [-0.25, -0.2) is 0 Å². The molecule has 0 aliphatic carbocycles. The molecule has 0 radical (unpaired) electrons. The molecule has 128 valence electrons. The Morgan fingerprint density at radius 2 is 1.79 bits per heavy atom. The Labute approximate surface area is 145 Å². The topological polar surface area (TPSA) is 38.3 Å². The van der Waals surface area contributed by atoms with E-state index in [2.05, 4.69) is 44.3 Å². The van der Waals surface area contributed by atoms with E-state index in [1.54, 1.807) is 7.11 Å². The molecule has 0 saturated carbocycles. The molecule has 1 unspecified atom stereocenters. The molecular formula is C21H27NO2. The second kappa shape index (κ2) is 8.53. The van der Waals surface area contributed by atoms with E-state index in [1.807, 2.05) is 24.3 Å². The highest BCUT2D eigenvalue weighted by Crippen LogP contribution is 2.20. The first-order chi connectivity index (χ1) is 11.5. The van der Waals surface area contributed by atoms with Crippen LogP contribution in [0.1, 0.15) is 48.1 Å². The van der Waals surface area contributed by atoms with Crippen molar-refractivity contribution in [2.45, 2.75) is 46.1 Å². The highest BCUT2D eigenvalue weighted by atomic mass is 16.5. The zero-order chi connectivity index (χ0) is 17.5. The molecule has 24 heavy (non-hydrogen) atoms. The molecule has 3 heteroatoms. The summed E-state index contributed by atoms with van der Waals surface area (Å²) < 4.78 is 5.18. The zero-order valence-corrected chi connectivity index (χ0v) is 15.1. The maximum Gasteiger partial charge on any atom is 0.220 e. The minimum Gasteiger partial charge on any atom is -0.497 e. The smallest absolute Gasteiger partial charge is 0.220 e. The maximum absolute atomic E-state index is 12.3. The van der Waals surface area contributed by atoms with Gasteiger partial charge in [0.25, 0.3) is 0 Å². The van der Waals surface area contributed by atoms with E-state index in [0.717, 1.165) is 24.2 Å². The molecule has 0 spiro atoms. The van der Waals surface area contributed by atoms with Gasteiger partial charge in [0.2, 0.25) is 5.91 Å². The third-order valence-electron chi connectivity index (χ3n) is 4.47. The number of aryl methyl sites for hydroxylation is 3. The summed E-state index contributed by atoms with van der Waals surface area (Å²) in [4.78, 5) is 12.3. The van der Waals surface area contributed by atoms with Crippen molar-refractivity contribution in [2.24, 2.45) is 0 Å². The van der Waals surface area contributed by atoms with Crippen molar-refractivity contribution in [3.8, 4) is 5.75 Å². The average Bonchev–Trinajstić information content (AvgIpc) is 2.61. The number of ether oxygens (including phenoxy) is 1. The third kappa shape index (κ3) is 4.85. The van der Waals surface area contributed by atoms with Crippen LogP contribution >= 0.6 is 0 Å². The number of amides is 1. The van der Waals surface area contributed by atoms with Crippen LogP contribution in [0.15, 0.2) is 42.5 Å². The van der Waals surface area contributed by atoms with E-state index in [0.29, 0.717) is 6.42 Å². The highest BCUT2D eigenvalue weighted by molar-refractivity contribution is 5.76. The van der Waals surface area contributed by atoms with Crippen molar-refractivity contribution < 1.29 is 9.53 Å². The lowest BCUT2D eigenvalue weighted by molar-refractivity contribution is -0.121. The van der Waals surface area contributed by atoms with Gasteiger partial charge in [0.15, 0.2) is 0 Å². The minimum absolute atomic E-state index is 0.0446. The number of carbonyl (C=O) groups is 1. The van der Waals surface area contributed by atoms with Crippen LogP contribution in [-0.2, 0) is 11.2 Å². The van der Waals surface area contributed by atoms with E-state index in [4.69, 9.17) is 4.74 Å². The number of benzene rings is 2. The first-order valence-corrected chi connectivity index (χ1v) is 8.53. The molecule has 0 heterocycles. The number of hydrogen-bond donors (Lipinski definition) is 1. The van der Waals surface area contributed by atoms with E-state index in [-0.39, 0.29) is 11.9 Å². The summed E-state index contributed by atoms with van der Waals surface area (Å²) >= 11 is 0. The summed E-state index contributed by atoms with van der Waals surface area (Å²) in [5.41, 5.74) is 4.88. The van der Waals surface area contributed by atoms with Gasteiger partial charge < -0.3 is 10.1 Å². The molecule has 2 rings (SSSR count). The fraction of sp³-hybridized carbons (Fsp3) is 0.381. The molecule has 1 atom stereocenters. The molecule has 1 N–H and O–H groups in total. The molecule has 0 saturated heterocycles. The van der Waals surface area contributed by atoms with E-state index in [9.17, 15) is 4.79 Å². The SMILES string of the molecule is CCC(NC(=O)CCc1ccc(C)c(C)c1)c1ccc(OC)cc1. The molecule has 2 aromatic rings. The van der Waals surface area contributed by atoms with Crippen molar-refractivity contribution in [2.75, 3.05) is 7.11 Å². The summed E-state index contributed by atoms with van der Waals surface area (Å²) in [5, 5.41) is 3.14. The Morgan fingerprint density at radius 3 is 2.38 bits per heavy atom. The van der Waals surface area contributed by atoms with Gasteiger partial charge >= 0.3 is 0 Å². The van der Waals surface area contributed by atoms with Crippen molar-refractivity contribution in [3.05, 3.63) is 64.7 Å². The van der Waals surface area contributed by atoms with Gasteiger partial charge in [-0.3, -0.25) is 4.79 Å². The van der Waals surface area contributed by atoms with Crippen LogP contribution in [0, 0.1) is 13.8 Å². The van der Waals surface area contributed by atoms with Crippen LogP contribution in [0.5, 0.6) is 5.75 Å². The molecule has 0 bridgehead atoms. The van der Waals surface area contributed by atoms with Crippen LogP contribution in [0.3, 0.4) is 0 Å². The first-order valence-electron chi connectivity index (χ1n) is 8.53. The van der Waals surface area contributed by atoms with E-state index in [1.165, 1.54) is 16.7 Å². The molecule has 0 aromatic heterocycles. The standard InChI is InChI=1S/C21H27NO2/c1-5-20(18-9-11-19(24-4)12-10-18)22-21(23)13-8-17-7-6-15(2)16(3)14-17/h6-7,9-12,14,20H,5,8,13H2,1-4H3,(H,22,23). The van der Waals surface area contributed by atoms with Gasteiger partial charge in [0.05, 0.1) is 13.2 Å². The molecule has 0 fully saturated rings. The Morgan fingerprint density at radius 1 is 1.08 bits per heavy atom. The van der Waals surface area contributed by atoms with Gasteiger partial charge in [-0.1, -0.05) is 37.3 Å². The quantitative estimate of drug-likeness (QED) is 0.813. The lowest BCUT2D eigenvalue weighted by Gasteiger charge is -2.18. The van der Waals surface area contributed by atoms with Crippen LogP contribution in [0.4, 0.5) is 0 Å². The fourth-order valence-electron chi connectivity index (χ4n) is 2.74. The maximum atomic E-state index is 12.3. The highest BCUT2D eigenvalue weighted by Gasteiger charge is 2.13. The molecular weight excluding hydrogens is 298 g/mol. The van der Waals surface area contributed by atoms with E-state index >= 15 is 0 Å². The van der Waals surface area contributed by atoms with Crippen LogP contribution in [-0.4, -0.2) is 13.0 Å². The summed E-state index contributed by atoms with van der Waals surface area (Å²) in [5.74, 6) is 0.922. The number of nitrogens with one attached hydrogen (secondary N) is 1. The average molecular weight is 325 g/mol. The number of methoxy groups -OCH3 is 1. The van der Waals surface area contributed by atoms with Crippen molar-refractivity contribution >= 4 is 5.91 Å². The predicted molar refractivity (Wildman–Crippen MR) is 98.4 cm³/mol. The number of carbonyl (C=O) groups excluding carboxylic acids is 1. The Bertz CT molecular complexity index is 677. The van der Waals surface area contributed by atoms with Crippen molar-refractivity contribution in [3.63, 3.8) is 0 Å². The van der Waals surface area contributed by atoms with Gasteiger partial charge in [0, 0.05) is 6.42 Å². The van der Waals surface area contributed by atoms with Crippen LogP contribution < -0.4 is 10.1 Å². The molecule has 0 aliphatic rings. The third-order valence-corrected chi connectivity index (χ3v) is 4.47. The Kier molecular flexibility index (Phi) is 6.42. The van der Waals surface area contributed by atoms with Gasteiger partial charge in [-0.2, -0.15) is 0 Å². The zero-order valence-electron chi connectivity index (χ0n) is 15.1. The minimum atomic E-state index is 0.0446.